The minimum absolute atomic E-state index is 0.0568. The van der Waals surface area contributed by atoms with Crippen LogP contribution in [0.1, 0.15) is 60.8 Å². The van der Waals surface area contributed by atoms with Crippen molar-refractivity contribution in [1.29, 1.82) is 5.26 Å². The van der Waals surface area contributed by atoms with Gasteiger partial charge in [-0.1, -0.05) is 24.3 Å². The Morgan fingerprint density at radius 3 is 2.85 bits per heavy atom. The summed E-state index contributed by atoms with van der Waals surface area (Å²) in [6.45, 7) is 5.75. The summed E-state index contributed by atoms with van der Waals surface area (Å²) in [4.78, 5) is 12.1. The van der Waals surface area contributed by atoms with Crippen molar-refractivity contribution in [3.05, 3.63) is 52.5 Å². The molecule has 4 nitrogen and oxygen atoms in total. The van der Waals surface area contributed by atoms with Crippen molar-refractivity contribution in [3.63, 3.8) is 0 Å². The van der Waals surface area contributed by atoms with Crippen LogP contribution in [0, 0.1) is 18.3 Å². The monoisotopic (exact) mass is 346 g/mol. The topological polar surface area (TPSA) is 52.8 Å². The highest BCUT2D eigenvalue weighted by Gasteiger charge is 2.45. The highest BCUT2D eigenvalue weighted by molar-refractivity contribution is 5.57. The molecule has 0 amide bonds. The standard InChI is InChI=1S/C22H26N4/c1-3-26(15-7-14-23)21-18-9-6-12-22(20(18)24-16(2)25-21)13-11-17-8-4-5-10-19(17)22/h4-5,8,10H,3,6-7,9,11-13,15H2,1-2H3. The van der Waals surface area contributed by atoms with Gasteiger partial charge in [0.05, 0.1) is 18.2 Å². The number of aromatic nitrogens is 2. The molecule has 1 spiro atoms. The van der Waals surface area contributed by atoms with E-state index in [1.807, 2.05) is 6.92 Å². The zero-order valence-corrected chi connectivity index (χ0v) is 15.8. The van der Waals surface area contributed by atoms with Crippen LogP contribution in [0.3, 0.4) is 0 Å². The molecule has 0 saturated carbocycles. The van der Waals surface area contributed by atoms with Crippen LogP contribution in [0.2, 0.25) is 0 Å². The minimum atomic E-state index is 0.0568. The second-order valence-corrected chi connectivity index (χ2v) is 7.50. The van der Waals surface area contributed by atoms with Gasteiger partial charge in [-0.05, 0) is 57.1 Å². The molecular formula is C22H26N4. The number of benzene rings is 1. The molecule has 1 aromatic heterocycles. The first kappa shape index (κ1) is 17.0. The van der Waals surface area contributed by atoms with E-state index in [9.17, 15) is 0 Å². The molecule has 1 unspecified atom stereocenters. The average Bonchev–Trinajstić information content (AvgIpc) is 3.03. The molecule has 2 aliphatic rings. The SMILES string of the molecule is CCN(CCC#N)c1nc(C)nc2c1CCCC21CCc2ccccc21. The van der Waals surface area contributed by atoms with Gasteiger partial charge in [0.1, 0.15) is 11.6 Å². The van der Waals surface area contributed by atoms with Gasteiger partial charge in [0.15, 0.2) is 0 Å². The summed E-state index contributed by atoms with van der Waals surface area (Å²) < 4.78 is 0. The van der Waals surface area contributed by atoms with Crippen molar-refractivity contribution >= 4 is 5.82 Å². The number of nitrogens with zero attached hydrogens (tertiary/aromatic N) is 4. The van der Waals surface area contributed by atoms with Crippen LogP contribution in [0.5, 0.6) is 0 Å². The molecule has 1 aromatic carbocycles. The molecule has 134 valence electrons. The summed E-state index contributed by atoms with van der Waals surface area (Å²) in [7, 11) is 0. The molecule has 0 bridgehead atoms. The third-order valence-electron chi connectivity index (χ3n) is 6.11. The first-order chi connectivity index (χ1) is 12.7. The Morgan fingerprint density at radius 1 is 1.19 bits per heavy atom. The Labute approximate surface area is 155 Å². The Bertz CT molecular complexity index is 867. The molecule has 1 atom stereocenters. The number of fused-ring (bicyclic) bond motifs is 4. The van der Waals surface area contributed by atoms with Gasteiger partial charge in [-0.3, -0.25) is 0 Å². The fraction of sp³-hybridized carbons (Fsp3) is 0.500. The molecule has 0 radical (unpaired) electrons. The molecule has 0 aliphatic heterocycles. The second kappa shape index (κ2) is 6.72. The first-order valence-corrected chi connectivity index (χ1v) is 9.78. The van der Waals surface area contributed by atoms with Crippen molar-refractivity contribution in [2.45, 2.75) is 57.8 Å². The van der Waals surface area contributed by atoms with Gasteiger partial charge in [-0.25, -0.2) is 9.97 Å². The van der Waals surface area contributed by atoms with E-state index in [1.165, 1.54) is 35.2 Å². The summed E-state index contributed by atoms with van der Waals surface area (Å²) in [5.74, 6) is 1.91. The summed E-state index contributed by atoms with van der Waals surface area (Å²) in [6, 6.07) is 11.2. The third kappa shape index (κ3) is 2.58. The fourth-order valence-corrected chi connectivity index (χ4v) is 4.95. The second-order valence-electron chi connectivity index (χ2n) is 7.50. The summed E-state index contributed by atoms with van der Waals surface area (Å²) in [5, 5.41) is 9.02. The number of hydrogen-bond acceptors (Lipinski definition) is 4. The van der Waals surface area contributed by atoms with Crippen LogP contribution in [0.15, 0.2) is 24.3 Å². The van der Waals surface area contributed by atoms with Crippen molar-refractivity contribution in [3.8, 4) is 6.07 Å². The predicted molar refractivity (Wildman–Crippen MR) is 103 cm³/mol. The van der Waals surface area contributed by atoms with E-state index in [1.54, 1.807) is 0 Å². The van der Waals surface area contributed by atoms with Crippen molar-refractivity contribution in [2.24, 2.45) is 0 Å². The van der Waals surface area contributed by atoms with E-state index in [0.29, 0.717) is 6.42 Å². The smallest absolute Gasteiger partial charge is 0.135 e. The predicted octanol–water partition coefficient (Wildman–Crippen LogP) is 4.09. The maximum Gasteiger partial charge on any atom is 0.135 e. The van der Waals surface area contributed by atoms with E-state index in [-0.39, 0.29) is 5.41 Å². The van der Waals surface area contributed by atoms with Gasteiger partial charge in [-0.2, -0.15) is 5.26 Å². The quantitative estimate of drug-likeness (QED) is 0.836. The number of aryl methyl sites for hydroxylation is 2. The van der Waals surface area contributed by atoms with Crippen LogP contribution >= 0.6 is 0 Å². The third-order valence-corrected chi connectivity index (χ3v) is 6.11. The molecule has 4 rings (SSSR count). The number of anilines is 1. The number of hydrogen-bond donors (Lipinski definition) is 0. The van der Waals surface area contributed by atoms with Gasteiger partial charge in [0.2, 0.25) is 0 Å². The lowest BCUT2D eigenvalue weighted by Crippen LogP contribution is -2.35. The lowest BCUT2D eigenvalue weighted by molar-refractivity contribution is 0.409. The molecular weight excluding hydrogens is 320 g/mol. The zero-order valence-electron chi connectivity index (χ0n) is 15.8. The Hall–Kier alpha value is -2.41. The maximum absolute atomic E-state index is 9.02. The molecule has 0 N–H and O–H groups in total. The maximum atomic E-state index is 9.02. The van der Waals surface area contributed by atoms with E-state index in [0.717, 1.165) is 44.0 Å². The largest absolute Gasteiger partial charge is 0.356 e. The first-order valence-electron chi connectivity index (χ1n) is 9.78. The highest BCUT2D eigenvalue weighted by Crippen LogP contribution is 2.51. The van der Waals surface area contributed by atoms with Gasteiger partial charge in [0, 0.05) is 24.1 Å². The van der Waals surface area contributed by atoms with Gasteiger partial charge in [0.25, 0.3) is 0 Å². The summed E-state index contributed by atoms with van der Waals surface area (Å²) in [6.07, 6.45) is 6.21. The van der Waals surface area contributed by atoms with Crippen LogP contribution in [-0.2, 0) is 18.3 Å². The van der Waals surface area contributed by atoms with Gasteiger partial charge < -0.3 is 4.90 Å². The molecule has 4 heteroatoms. The van der Waals surface area contributed by atoms with Gasteiger partial charge in [-0.15, -0.1) is 0 Å². The fourth-order valence-electron chi connectivity index (χ4n) is 4.95. The number of nitriles is 1. The van der Waals surface area contributed by atoms with Crippen molar-refractivity contribution in [2.75, 3.05) is 18.0 Å². The molecule has 2 aliphatic carbocycles. The zero-order chi connectivity index (χ0) is 18.1. The van der Waals surface area contributed by atoms with E-state index in [4.69, 9.17) is 15.2 Å². The molecule has 0 saturated heterocycles. The van der Waals surface area contributed by atoms with Crippen LogP contribution in [0.25, 0.3) is 0 Å². The van der Waals surface area contributed by atoms with Crippen molar-refractivity contribution < 1.29 is 0 Å². The van der Waals surface area contributed by atoms with Crippen LogP contribution < -0.4 is 4.90 Å². The Morgan fingerprint density at radius 2 is 2.04 bits per heavy atom. The Kier molecular flexibility index (Phi) is 4.40. The average molecular weight is 346 g/mol. The summed E-state index contributed by atoms with van der Waals surface area (Å²) in [5.41, 5.74) is 5.59. The van der Waals surface area contributed by atoms with Gasteiger partial charge >= 0.3 is 0 Å². The van der Waals surface area contributed by atoms with E-state index < -0.39 is 0 Å². The minimum Gasteiger partial charge on any atom is -0.356 e. The molecule has 1 heterocycles. The lowest BCUT2D eigenvalue weighted by atomic mass is 9.69. The lowest BCUT2D eigenvalue weighted by Gasteiger charge is -2.38. The molecule has 2 aromatic rings. The van der Waals surface area contributed by atoms with E-state index in [2.05, 4.69) is 42.2 Å². The van der Waals surface area contributed by atoms with Crippen molar-refractivity contribution in [1.82, 2.24) is 9.97 Å². The van der Waals surface area contributed by atoms with Crippen LogP contribution in [0.4, 0.5) is 5.82 Å². The number of rotatable bonds is 4. The highest BCUT2D eigenvalue weighted by atomic mass is 15.2. The molecule has 26 heavy (non-hydrogen) atoms. The molecule has 0 fully saturated rings. The normalized spacial score (nSPS) is 20.5. The van der Waals surface area contributed by atoms with Crippen LogP contribution in [-0.4, -0.2) is 23.1 Å². The van der Waals surface area contributed by atoms with E-state index >= 15 is 0 Å². The Balaban J connectivity index is 1.87. The summed E-state index contributed by atoms with van der Waals surface area (Å²) >= 11 is 0.